The first-order valence-electron chi connectivity index (χ1n) is 10.6. The van der Waals surface area contributed by atoms with Crippen LogP contribution in [0.2, 0.25) is 0 Å². The Bertz CT molecular complexity index is 1230. The molecule has 3 aliphatic rings. The second-order valence-corrected chi connectivity index (χ2v) is 9.47. The van der Waals surface area contributed by atoms with Gasteiger partial charge < -0.3 is 37.0 Å². The van der Waals surface area contributed by atoms with Gasteiger partial charge in [0.25, 0.3) is 5.91 Å². The van der Waals surface area contributed by atoms with E-state index in [-0.39, 0.29) is 22.6 Å². The predicted molar refractivity (Wildman–Crippen MR) is 119 cm³/mol. The molecule has 0 unspecified atom stereocenters. The molecule has 0 radical (unpaired) electrons. The van der Waals surface area contributed by atoms with E-state index in [0.717, 1.165) is 0 Å². The number of phenolic OH excluding ortho intramolecular Hbond substituents is 1. The van der Waals surface area contributed by atoms with Crippen LogP contribution >= 0.6 is 0 Å². The third-order valence-electron chi connectivity index (χ3n) is 7.45. The summed E-state index contributed by atoms with van der Waals surface area (Å²) in [6.45, 7) is 3.16. The lowest BCUT2D eigenvalue weighted by Crippen LogP contribution is -2.68. The summed E-state index contributed by atoms with van der Waals surface area (Å²) in [6, 6.07) is 0.176. The van der Waals surface area contributed by atoms with Gasteiger partial charge >= 0.3 is 0 Å². The van der Waals surface area contributed by atoms with E-state index >= 15 is 0 Å². The number of nitrogens with zero attached hydrogens (tertiary/aromatic N) is 1. The van der Waals surface area contributed by atoms with Gasteiger partial charge in [-0.3, -0.25) is 19.3 Å². The molecule has 0 saturated carbocycles. The number of Topliss-reactive ketones (excluding diaryl/α,β-unsaturated/α-hetero) is 2. The molecule has 4 rings (SSSR count). The van der Waals surface area contributed by atoms with E-state index in [2.05, 4.69) is 0 Å². The largest absolute Gasteiger partial charge is 0.510 e. The Labute approximate surface area is 194 Å². The van der Waals surface area contributed by atoms with Crippen molar-refractivity contribution in [2.75, 3.05) is 19.8 Å². The van der Waals surface area contributed by atoms with E-state index in [1.807, 2.05) is 0 Å². The average molecular weight is 473 g/mol. The Morgan fingerprint density at radius 3 is 2.29 bits per heavy atom. The molecule has 34 heavy (non-hydrogen) atoms. The van der Waals surface area contributed by atoms with Crippen LogP contribution in [0.25, 0.3) is 0 Å². The molecule has 0 spiro atoms. The molecule has 0 heterocycles. The summed E-state index contributed by atoms with van der Waals surface area (Å²) in [4.78, 5) is 40.2. The highest BCUT2D eigenvalue weighted by atomic mass is 16.4. The van der Waals surface area contributed by atoms with Crippen LogP contribution in [0.4, 0.5) is 5.69 Å². The van der Waals surface area contributed by atoms with Crippen molar-refractivity contribution >= 4 is 23.2 Å². The van der Waals surface area contributed by atoms with E-state index in [4.69, 9.17) is 11.5 Å². The smallest absolute Gasteiger partial charge is 0.255 e. The zero-order chi connectivity index (χ0) is 25.6. The van der Waals surface area contributed by atoms with Crippen LogP contribution in [0.3, 0.4) is 0 Å². The number of fused-ring (bicyclic) bond motifs is 3. The lowest BCUT2D eigenvalue weighted by Gasteiger charge is -2.53. The minimum atomic E-state index is -2.94. The van der Waals surface area contributed by atoms with Gasteiger partial charge in [0.2, 0.25) is 5.78 Å². The lowest BCUT2D eigenvalue weighted by molar-refractivity contribution is -0.162. The first-order valence-corrected chi connectivity index (χ1v) is 10.6. The second-order valence-electron chi connectivity index (χ2n) is 9.47. The van der Waals surface area contributed by atoms with Crippen LogP contribution in [0.5, 0.6) is 5.75 Å². The summed E-state index contributed by atoms with van der Waals surface area (Å²) in [5.41, 5.74) is 7.67. The number of ketones is 2. The molecule has 182 valence electrons. The summed E-state index contributed by atoms with van der Waals surface area (Å²) in [5.74, 6) is -9.32. The number of aryl methyl sites for hydroxylation is 1. The maximum absolute atomic E-state index is 13.6. The molecule has 9 N–H and O–H groups in total. The van der Waals surface area contributed by atoms with Crippen LogP contribution < -0.4 is 11.5 Å². The monoisotopic (exact) mass is 473 g/mol. The summed E-state index contributed by atoms with van der Waals surface area (Å²) in [5, 5.41) is 55.7. The Morgan fingerprint density at radius 1 is 1.18 bits per heavy atom. The van der Waals surface area contributed by atoms with Gasteiger partial charge in [0, 0.05) is 17.2 Å². The number of aliphatic hydroxyl groups excluding tert-OH is 3. The van der Waals surface area contributed by atoms with E-state index in [9.17, 15) is 39.9 Å². The van der Waals surface area contributed by atoms with Crippen LogP contribution in [-0.4, -0.2) is 79.7 Å². The quantitative estimate of drug-likeness (QED) is 0.167. The number of amides is 1. The minimum absolute atomic E-state index is 0.195. The van der Waals surface area contributed by atoms with E-state index in [0.29, 0.717) is 5.56 Å². The number of phenols is 1. The highest BCUT2D eigenvalue weighted by Gasteiger charge is 2.67. The molecule has 0 bridgehead atoms. The van der Waals surface area contributed by atoms with Gasteiger partial charge in [0.15, 0.2) is 11.4 Å². The second kappa shape index (κ2) is 7.29. The number of anilines is 1. The number of aromatic hydroxyl groups is 1. The first kappa shape index (κ1) is 23.7. The van der Waals surface area contributed by atoms with Crippen molar-refractivity contribution in [3.8, 4) is 5.75 Å². The minimum Gasteiger partial charge on any atom is -0.510 e. The summed E-state index contributed by atoms with van der Waals surface area (Å²) < 4.78 is 0. The first-order chi connectivity index (χ1) is 15.7. The number of likely N-dealkylation sites (N-methyl/N-ethyl adjacent to an activating group) is 1. The Morgan fingerprint density at radius 2 is 1.76 bits per heavy atom. The zero-order valence-electron chi connectivity index (χ0n) is 19.0. The molecule has 0 aromatic heterocycles. The molecule has 6 atom stereocenters. The number of nitrogen functional groups attached to an aromatic ring is 1. The van der Waals surface area contributed by atoms with Crippen molar-refractivity contribution in [3.05, 3.63) is 45.4 Å². The maximum Gasteiger partial charge on any atom is 0.255 e. The lowest BCUT2D eigenvalue weighted by atomic mass is 9.55. The van der Waals surface area contributed by atoms with Crippen LogP contribution in [0, 0.1) is 18.8 Å². The van der Waals surface area contributed by atoms with Gasteiger partial charge in [-0.2, -0.15) is 0 Å². The fourth-order valence-corrected chi connectivity index (χ4v) is 5.95. The molecular weight excluding hydrogens is 446 g/mol. The standard InChI is InChI=1S/C23H27N3O8/c1-6-5-8(24)9-7(2)10-12(17(28)11(9)16(6)27)20(31)23(34)14(18(10)29)15(26(3)4)19(30)13(21(23)32)22(25)33/h5,7,10,14-15,18,27,29-31,34H,24H2,1-4H3,(H2,25,33)/t7-,10+,14+,15-,18-,23-/m0/s1. The van der Waals surface area contributed by atoms with Gasteiger partial charge in [0.1, 0.15) is 22.8 Å². The van der Waals surface area contributed by atoms with Crippen molar-refractivity contribution in [2.24, 2.45) is 17.6 Å². The Hall–Kier alpha value is -3.41. The molecule has 3 aliphatic carbocycles. The topological polar surface area (TPSA) is 208 Å². The number of benzene rings is 1. The molecule has 11 heteroatoms. The number of hydrogen-bond acceptors (Lipinski definition) is 10. The fourth-order valence-electron chi connectivity index (χ4n) is 5.95. The Balaban J connectivity index is 2.09. The molecule has 11 nitrogen and oxygen atoms in total. The number of carbonyl (C=O) groups excluding carboxylic acids is 3. The molecule has 0 aliphatic heterocycles. The molecule has 0 saturated heterocycles. The molecule has 1 aromatic carbocycles. The van der Waals surface area contributed by atoms with Crippen molar-refractivity contribution < 1.29 is 39.9 Å². The number of rotatable bonds is 2. The number of hydrogen-bond donors (Lipinski definition) is 7. The third-order valence-corrected chi connectivity index (χ3v) is 7.45. The van der Waals surface area contributed by atoms with Gasteiger partial charge in [-0.15, -0.1) is 0 Å². The molecule has 1 aromatic rings. The summed E-state index contributed by atoms with van der Waals surface area (Å²) in [7, 11) is 2.95. The van der Waals surface area contributed by atoms with E-state index in [1.165, 1.54) is 32.0 Å². The summed E-state index contributed by atoms with van der Waals surface area (Å²) in [6.07, 6.45) is -1.65. The van der Waals surface area contributed by atoms with Crippen molar-refractivity contribution in [2.45, 2.75) is 37.5 Å². The van der Waals surface area contributed by atoms with Gasteiger partial charge in [-0.25, -0.2) is 0 Å². The SMILES string of the molecule is Cc1cc(N)c2c(c1O)C(=O)C1=C(O)[C@]3(O)C(=O)C(C(N)=O)=C(O)[C@@H](N(C)C)[C@@H]3[C@@H](O)[C@@H]1[C@H]2C. The zero-order valence-corrected chi connectivity index (χ0v) is 19.0. The van der Waals surface area contributed by atoms with Crippen molar-refractivity contribution in [1.82, 2.24) is 4.90 Å². The van der Waals surface area contributed by atoms with E-state index < -0.39 is 75.6 Å². The number of primary amides is 1. The van der Waals surface area contributed by atoms with Crippen molar-refractivity contribution in [3.63, 3.8) is 0 Å². The molecule has 1 amide bonds. The van der Waals surface area contributed by atoms with Gasteiger partial charge in [0.05, 0.1) is 23.6 Å². The van der Waals surface area contributed by atoms with Gasteiger partial charge in [-0.1, -0.05) is 6.92 Å². The number of aliphatic hydroxyl groups is 4. The molecular formula is C23H27N3O8. The maximum atomic E-state index is 13.6. The normalized spacial score (nSPS) is 33.1. The average Bonchev–Trinajstić information content (AvgIpc) is 2.73. The molecule has 0 fully saturated rings. The van der Waals surface area contributed by atoms with Crippen LogP contribution in [0.15, 0.2) is 28.7 Å². The number of nitrogens with two attached hydrogens (primary N) is 2. The Kier molecular flexibility index (Phi) is 5.09. The predicted octanol–water partition coefficient (Wildman–Crippen LogP) is -0.457. The highest BCUT2D eigenvalue weighted by molar-refractivity contribution is 6.25. The fraction of sp³-hybridized carbons (Fsp3) is 0.435. The number of carbonyl (C=O) groups is 3. The van der Waals surface area contributed by atoms with Crippen molar-refractivity contribution in [1.29, 1.82) is 0 Å². The van der Waals surface area contributed by atoms with E-state index in [1.54, 1.807) is 6.92 Å². The van der Waals surface area contributed by atoms with Crippen LogP contribution in [-0.2, 0) is 9.59 Å². The van der Waals surface area contributed by atoms with Gasteiger partial charge in [-0.05, 0) is 44.1 Å². The summed E-state index contributed by atoms with van der Waals surface area (Å²) >= 11 is 0. The highest BCUT2D eigenvalue weighted by Crippen LogP contribution is 2.56. The van der Waals surface area contributed by atoms with Crippen LogP contribution in [0.1, 0.15) is 34.3 Å². The third kappa shape index (κ3) is 2.65.